The van der Waals surface area contributed by atoms with Crippen molar-refractivity contribution < 1.29 is 4.74 Å². The first kappa shape index (κ1) is 14.1. The van der Waals surface area contributed by atoms with Crippen LogP contribution in [0.4, 0.5) is 0 Å². The van der Waals surface area contributed by atoms with E-state index in [-0.39, 0.29) is 6.04 Å². The first-order valence-corrected chi connectivity index (χ1v) is 6.18. The largest absolute Gasteiger partial charge is 0.368 e. The van der Waals surface area contributed by atoms with Crippen LogP contribution in [0.3, 0.4) is 0 Å². The van der Waals surface area contributed by atoms with Gasteiger partial charge in [-0.3, -0.25) is 0 Å². The summed E-state index contributed by atoms with van der Waals surface area (Å²) < 4.78 is 5.76. The molecule has 17 heavy (non-hydrogen) atoms. The van der Waals surface area contributed by atoms with Crippen molar-refractivity contribution >= 4 is 0 Å². The lowest BCUT2D eigenvalue weighted by atomic mass is 10.0. The molecule has 96 valence electrons. The van der Waals surface area contributed by atoms with E-state index in [1.165, 1.54) is 0 Å². The highest BCUT2D eigenvalue weighted by atomic mass is 16.5. The number of aryl methyl sites for hydroxylation is 1. The Labute approximate surface area is 104 Å². The molecule has 2 atom stereocenters. The first-order chi connectivity index (χ1) is 7.94. The van der Waals surface area contributed by atoms with Crippen LogP contribution in [0.15, 0.2) is 6.20 Å². The molecule has 1 aromatic heterocycles. The smallest absolute Gasteiger partial charge is 0.160 e. The van der Waals surface area contributed by atoms with Gasteiger partial charge in [0.25, 0.3) is 0 Å². The highest BCUT2D eigenvalue weighted by Crippen LogP contribution is 2.26. The monoisotopic (exact) mass is 237 g/mol. The molecule has 4 nitrogen and oxygen atoms in total. The molecule has 0 bridgehead atoms. The van der Waals surface area contributed by atoms with Crippen molar-refractivity contribution in [3.8, 4) is 0 Å². The van der Waals surface area contributed by atoms with Gasteiger partial charge in [-0.05, 0) is 34.1 Å². The Kier molecular flexibility index (Phi) is 4.60. The summed E-state index contributed by atoms with van der Waals surface area (Å²) in [6.07, 6.45) is 2.66. The molecule has 1 rings (SSSR count). The molecule has 1 unspecified atom stereocenters. The van der Waals surface area contributed by atoms with E-state index in [2.05, 4.69) is 16.9 Å². The van der Waals surface area contributed by atoms with Gasteiger partial charge in [0.15, 0.2) is 5.82 Å². The predicted molar refractivity (Wildman–Crippen MR) is 68.6 cm³/mol. The zero-order chi connectivity index (χ0) is 13.1. The summed E-state index contributed by atoms with van der Waals surface area (Å²) in [4.78, 5) is 8.95. The van der Waals surface area contributed by atoms with Crippen LogP contribution < -0.4 is 5.73 Å². The number of nitrogens with two attached hydrogens (primary N) is 1. The van der Waals surface area contributed by atoms with Crippen molar-refractivity contribution in [3.05, 3.63) is 23.3 Å². The predicted octanol–water partition coefficient (Wildman–Crippen LogP) is 2.47. The van der Waals surface area contributed by atoms with Crippen molar-refractivity contribution in [2.24, 2.45) is 5.73 Å². The third-order valence-corrected chi connectivity index (χ3v) is 3.12. The molecule has 0 spiro atoms. The number of rotatable bonds is 5. The molecular formula is C13H23N3O. The van der Waals surface area contributed by atoms with Gasteiger partial charge in [-0.15, -0.1) is 0 Å². The Bertz CT molecular complexity index is 379. The lowest BCUT2D eigenvalue weighted by Gasteiger charge is -2.27. The second-order valence-electron chi connectivity index (χ2n) is 4.54. The van der Waals surface area contributed by atoms with Crippen LogP contribution in [-0.2, 0) is 10.3 Å². The minimum Gasteiger partial charge on any atom is -0.368 e. The normalized spacial score (nSPS) is 16.6. The van der Waals surface area contributed by atoms with E-state index < -0.39 is 5.60 Å². The molecule has 0 saturated carbocycles. The first-order valence-electron chi connectivity index (χ1n) is 6.18. The molecule has 1 aromatic rings. The highest BCUT2D eigenvalue weighted by molar-refractivity contribution is 5.20. The third kappa shape index (κ3) is 3.01. The summed E-state index contributed by atoms with van der Waals surface area (Å²) in [6.45, 7) is 10.6. The molecule has 0 aliphatic rings. The Morgan fingerprint density at radius 1 is 1.47 bits per heavy atom. The molecule has 0 aliphatic heterocycles. The second kappa shape index (κ2) is 5.56. The summed E-state index contributed by atoms with van der Waals surface area (Å²) in [7, 11) is 0. The number of nitrogens with zero attached hydrogens (tertiary/aromatic N) is 2. The standard InChI is InChI=1S/C13H23N3O/c1-6-13(5,17-7-2)12-15-8-11(9(3)14)10(4)16-12/h8-9H,6-7,14H2,1-5H3/t9-,13?/m1/s1. The van der Waals surface area contributed by atoms with E-state index in [0.29, 0.717) is 6.61 Å². The molecule has 1 heterocycles. The molecule has 0 aliphatic carbocycles. The molecule has 0 fully saturated rings. The Hall–Kier alpha value is -1.00. The van der Waals surface area contributed by atoms with Gasteiger partial charge in [0, 0.05) is 30.1 Å². The van der Waals surface area contributed by atoms with Gasteiger partial charge in [-0.1, -0.05) is 6.92 Å². The third-order valence-electron chi connectivity index (χ3n) is 3.12. The van der Waals surface area contributed by atoms with Crippen LogP contribution in [0.25, 0.3) is 0 Å². The topological polar surface area (TPSA) is 61.0 Å². The molecule has 0 amide bonds. The Morgan fingerprint density at radius 2 is 2.12 bits per heavy atom. The van der Waals surface area contributed by atoms with Crippen molar-refractivity contribution in [2.45, 2.75) is 52.7 Å². The number of hydrogen-bond acceptors (Lipinski definition) is 4. The van der Waals surface area contributed by atoms with Crippen molar-refractivity contribution in [3.63, 3.8) is 0 Å². The van der Waals surface area contributed by atoms with Crippen LogP contribution in [0, 0.1) is 6.92 Å². The SMILES string of the molecule is CCOC(C)(CC)c1ncc([C@@H](C)N)c(C)n1. The highest BCUT2D eigenvalue weighted by Gasteiger charge is 2.28. The van der Waals surface area contributed by atoms with Crippen molar-refractivity contribution in [1.82, 2.24) is 9.97 Å². The van der Waals surface area contributed by atoms with Gasteiger partial charge in [0.1, 0.15) is 5.60 Å². The van der Waals surface area contributed by atoms with Crippen LogP contribution >= 0.6 is 0 Å². The summed E-state index contributed by atoms with van der Waals surface area (Å²) in [5.74, 6) is 0.740. The maximum absolute atomic E-state index is 5.85. The molecule has 0 aromatic carbocycles. The van der Waals surface area contributed by atoms with Gasteiger partial charge in [-0.2, -0.15) is 0 Å². The van der Waals surface area contributed by atoms with Crippen LogP contribution in [0.1, 0.15) is 57.2 Å². The number of aromatic nitrogens is 2. The fourth-order valence-electron chi connectivity index (χ4n) is 1.82. The summed E-state index contributed by atoms with van der Waals surface area (Å²) in [6, 6.07) is -0.0379. The van der Waals surface area contributed by atoms with Gasteiger partial charge >= 0.3 is 0 Å². The molecule has 2 N–H and O–H groups in total. The average Bonchev–Trinajstić information content (AvgIpc) is 2.28. The minimum absolute atomic E-state index is 0.0379. The molecule has 0 saturated heterocycles. The van der Waals surface area contributed by atoms with Gasteiger partial charge in [-0.25, -0.2) is 9.97 Å². The van der Waals surface area contributed by atoms with Crippen LogP contribution in [0.5, 0.6) is 0 Å². The van der Waals surface area contributed by atoms with Gasteiger partial charge in [0.2, 0.25) is 0 Å². The van der Waals surface area contributed by atoms with Gasteiger partial charge in [0.05, 0.1) is 0 Å². The maximum Gasteiger partial charge on any atom is 0.160 e. The van der Waals surface area contributed by atoms with Crippen molar-refractivity contribution in [1.29, 1.82) is 0 Å². The van der Waals surface area contributed by atoms with Crippen molar-refractivity contribution in [2.75, 3.05) is 6.61 Å². The van der Waals surface area contributed by atoms with E-state index in [1.807, 2.05) is 33.9 Å². The zero-order valence-corrected chi connectivity index (χ0v) is 11.4. The maximum atomic E-state index is 5.85. The van der Waals surface area contributed by atoms with E-state index >= 15 is 0 Å². The Balaban J connectivity index is 3.11. The lowest BCUT2D eigenvalue weighted by molar-refractivity contribution is -0.0392. The van der Waals surface area contributed by atoms with E-state index in [4.69, 9.17) is 10.5 Å². The molecular weight excluding hydrogens is 214 g/mol. The fourth-order valence-corrected chi connectivity index (χ4v) is 1.82. The van der Waals surface area contributed by atoms with E-state index in [0.717, 1.165) is 23.5 Å². The number of ether oxygens (including phenoxy) is 1. The molecule has 4 heteroatoms. The number of hydrogen-bond donors (Lipinski definition) is 1. The zero-order valence-electron chi connectivity index (χ0n) is 11.4. The van der Waals surface area contributed by atoms with Gasteiger partial charge < -0.3 is 10.5 Å². The lowest BCUT2D eigenvalue weighted by Crippen LogP contribution is -2.28. The summed E-state index contributed by atoms with van der Waals surface area (Å²) in [5, 5.41) is 0. The summed E-state index contributed by atoms with van der Waals surface area (Å²) in [5.41, 5.74) is 7.37. The summed E-state index contributed by atoms with van der Waals surface area (Å²) >= 11 is 0. The van der Waals surface area contributed by atoms with E-state index in [1.54, 1.807) is 0 Å². The van der Waals surface area contributed by atoms with Crippen LogP contribution in [0.2, 0.25) is 0 Å². The molecule has 0 radical (unpaired) electrons. The second-order valence-corrected chi connectivity index (χ2v) is 4.54. The van der Waals surface area contributed by atoms with E-state index in [9.17, 15) is 0 Å². The Morgan fingerprint density at radius 3 is 2.53 bits per heavy atom. The quantitative estimate of drug-likeness (QED) is 0.854. The average molecular weight is 237 g/mol. The van der Waals surface area contributed by atoms with Crippen LogP contribution in [-0.4, -0.2) is 16.6 Å². The minimum atomic E-state index is -0.407. The fraction of sp³-hybridized carbons (Fsp3) is 0.692.